The smallest absolute Gasteiger partial charge is 0.431 e. The molecule has 0 aromatic heterocycles. The molecular weight excluding hydrogens is 538 g/mol. The third-order valence-electron chi connectivity index (χ3n) is 4.78. The lowest BCUT2D eigenvalue weighted by atomic mass is 9.80. The standard InChI is InChI=1S/C21H21BrCl2F3NO4/c1-11-14(20(30)32-10-5-3-4-9-22)15(12-7-6-8-13(23)17(12)24)16(19(29)31-2)18(28-11)21(25,26)27/h6-8,15,28H,3-5,9-10H2,1-2H3. The highest BCUT2D eigenvalue weighted by Crippen LogP contribution is 2.46. The molecule has 32 heavy (non-hydrogen) atoms. The third-order valence-corrected chi connectivity index (χ3v) is 6.17. The zero-order valence-corrected chi connectivity index (χ0v) is 20.3. The monoisotopic (exact) mass is 557 g/mol. The number of carbonyl (C=O) groups is 2. The van der Waals surface area contributed by atoms with E-state index in [0.29, 0.717) is 6.42 Å². The Bertz CT molecular complexity index is 947. The van der Waals surface area contributed by atoms with Crippen molar-refractivity contribution in [2.45, 2.75) is 38.3 Å². The number of allylic oxidation sites excluding steroid dienone is 2. The van der Waals surface area contributed by atoms with E-state index in [-0.39, 0.29) is 33.5 Å². The molecule has 5 nitrogen and oxygen atoms in total. The predicted octanol–water partition coefficient (Wildman–Crippen LogP) is 6.05. The summed E-state index contributed by atoms with van der Waals surface area (Å²) in [7, 11) is 0.951. The van der Waals surface area contributed by atoms with Crippen LogP contribution < -0.4 is 5.32 Å². The fourth-order valence-electron chi connectivity index (χ4n) is 3.32. The van der Waals surface area contributed by atoms with Gasteiger partial charge in [-0.25, -0.2) is 9.59 Å². The Morgan fingerprint density at radius 2 is 1.81 bits per heavy atom. The zero-order chi connectivity index (χ0) is 24.1. The summed E-state index contributed by atoms with van der Waals surface area (Å²) in [5, 5.41) is 2.92. The number of nitrogens with one attached hydrogen (secondary N) is 1. The van der Waals surface area contributed by atoms with E-state index in [1.54, 1.807) is 0 Å². The summed E-state index contributed by atoms with van der Waals surface area (Å²) in [5.41, 5.74) is -2.38. The van der Waals surface area contributed by atoms with Gasteiger partial charge in [0, 0.05) is 11.0 Å². The van der Waals surface area contributed by atoms with E-state index in [0.717, 1.165) is 25.3 Å². The van der Waals surface area contributed by atoms with Gasteiger partial charge in [-0.1, -0.05) is 51.3 Å². The molecule has 1 heterocycles. The van der Waals surface area contributed by atoms with Crippen LogP contribution in [-0.2, 0) is 19.1 Å². The first kappa shape index (κ1) is 26.5. The number of dihydropyridines is 1. The normalized spacial score (nSPS) is 16.7. The molecule has 0 bridgehead atoms. The van der Waals surface area contributed by atoms with Crippen molar-refractivity contribution in [2.75, 3.05) is 19.0 Å². The van der Waals surface area contributed by atoms with Gasteiger partial charge in [-0.2, -0.15) is 13.2 Å². The van der Waals surface area contributed by atoms with Crippen LogP contribution in [0.15, 0.2) is 40.7 Å². The van der Waals surface area contributed by atoms with Gasteiger partial charge in [0.05, 0.1) is 40.8 Å². The second-order valence-corrected chi connectivity index (χ2v) is 8.48. The predicted molar refractivity (Wildman–Crippen MR) is 119 cm³/mol. The molecule has 1 N–H and O–H groups in total. The maximum atomic E-state index is 13.8. The van der Waals surface area contributed by atoms with E-state index >= 15 is 0 Å². The van der Waals surface area contributed by atoms with Crippen molar-refractivity contribution in [3.8, 4) is 0 Å². The van der Waals surface area contributed by atoms with Crippen LogP contribution in [0.4, 0.5) is 13.2 Å². The number of methoxy groups -OCH3 is 1. The number of ether oxygens (including phenoxy) is 2. The minimum atomic E-state index is -4.93. The van der Waals surface area contributed by atoms with E-state index < -0.39 is 35.3 Å². The molecule has 0 radical (unpaired) electrons. The van der Waals surface area contributed by atoms with Gasteiger partial charge in [-0.3, -0.25) is 0 Å². The average Bonchev–Trinajstić information content (AvgIpc) is 2.73. The molecule has 1 aromatic carbocycles. The number of hydrogen-bond acceptors (Lipinski definition) is 5. The quantitative estimate of drug-likeness (QED) is 0.239. The number of hydrogen-bond donors (Lipinski definition) is 1. The van der Waals surface area contributed by atoms with Gasteiger partial charge in [-0.05, 0) is 37.8 Å². The van der Waals surface area contributed by atoms with Crippen molar-refractivity contribution in [3.63, 3.8) is 0 Å². The number of alkyl halides is 4. The number of esters is 2. The lowest BCUT2D eigenvalue weighted by Crippen LogP contribution is -2.38. The molecule has 1 unspecified atom stereocenters. The van der Waals surface area contributed by atoms with Crippen molar-refractivity contribution in [3.05, 3.63) is 56.3 Å². The lowest BCUT2D eigenvalue weighted by molar-refractivity contribution is -0.140. The maximum absolute atomic E-state index is 13.8. The van der Waals surface area contributed by atoms with Crippen LogP contribution in [0.1, 0.15) is 37.7 Å². The van der Waals surface area contributed by atoms with Crippen molar-refractivity contribution in [2.24, 2.45) is 0 Å². The van der Waals surface area contributed by atoms with Crippen LogP contribution in [0, 0.1) is 0 Å². The zero-order valence-electron chi connectivity index (χ0n) is 17.2. The third kappa shape index (κ3) is 5.99. The first-order valence-corrected chi connectivity index (χ1v) is 11.5. The van der Waals surface area contributed by atoms with Crippen LogP contribution in [0.2, 0.25) is 10.0 Å². The molecule has 0 aliphatic carbocycles. The van der Waals surface area contributed by atoms with E-state index in [2.05, 4.69) is 26.0 Å². The Kier molecular flexibility index (Phi) is 9.48. The minimum Gasteiger partial charge on any atom is -0.466 e. The largest absolute Gasteiger partial charge is 0.466 e. The summed E-state index contributed by atoms with van der Waals surface area (Å²) in [6.07, 6.45) is -2.68. The second-order valence-electron chi connectivity index (χ2n) is 6.90. The Morgan fingerprint density at radius 1 is 1.12 bits per heavy atom. The van der Waals surface area contributed by atoms with Gasteiger partial charge in [0.1, 0.15) is 5.70 Å². The number of carbonyl (C=O) groups excluding carboxylic acids is 2. The summed E-state index contributed by atoms with van der Waals surface area (Å²) in [5.74, 6) is -3.62. The lowest BCUT2D eigenvalue weighted by Gasteiger charge is -2.32. The first-order valence-electron chi connectivity index (χ1n) is 9.59. The van der Waals surface area contributed by atoms with Crippen molar-refractivity contribution >= 4 is 51.1 Å². The Balaban J connectivity index is 2.62. The maximum Gasteiger partial charge on any atom is 0.431 e. The van der Waals surface area contributed by atoms with Gasteiger partial charge in [-0.15, -0.1) is 0 Å². The van der Waals surface area contributed by atoms with Crippen LogP contribution in [0.3, 0.4) is 0 Å². The molecule has 1 aromatic rings. The molecule has 1 atom stereocenters. The summed E-state index contributed by atoms with van der Waals surface area (Å²) >= 11 is 15.7. The topological polar surface area (TPSA) is 64.6 Å². The van der Waals surface area contributed by atoms with Gasteiger partial charge < -0.3 is 14.8 Å². The van der Waals surface area contributed by atoms with Crippen LogP contribution in [0.25, 0.3) is 0 Å². The average molecular weight is 559 g/mol. The van der Waals surface area contributed by atoms with Gasteiger partial charge in [0.25, 0.3) is 0 Å². The van der Waals surface area contributed by atoms with E-state index in [4.69, 9.17) is 27.9 Å². The van der Waals surface area contributed by atoms with Gasteiger partial charge in [0.15, 0.2) is 0 Å². The molecule has 0 saturated heterocycles. The molecule has 1 aliphatic rings. The number of halogens is 6. The van der Waals surface area contributed by atoms with Crippen LogP contribution >= 0.6 is 39.1 Å². The van der Waals surface area contributed by atoms with Crippen molar-refractivity contribution in [1.82, 2.24) is 5.32 Å². The van der Waals surface area contributed by atoms with E-state index in [9.17, 15) is 22.8 Å². The number of rotatable bonds is 8. The van der Waals surface area contributed by atoms with Crippen LogP contribution in [0.5, 0.6) is 0 Å². The molecule has 1 aliphatic heterocycles. The number of benzene rings is 1. The fourth-order valence-corrected chi connectivity index (χ4v) is 4.14. The molecule has 0 spiro atoms. The van der Waals surface area contributed by atoms with Crippen molar-refractivity contribution in [1.29, 1.82) is 0 Å². The Labute approximate surface area is 202 Å². The molecule has 0 amide bonds. The Morgan fingerprint density at radius 3 is 2.41 bits per heavy atom. The van der Waals surface area contributed by atoms with Gasteiger partial charge >= 0.3 is 18.1 Å². The van der Waals surface area contributed by atoms with Crippen molar-refractivity contribution < 1.29 is 32.2 Å². The Hall–Kier alpha value is -1.71. The SMILES string of the molecule is COC(=O)C1=C(C(F)(F)F)NC(C)=C(C(=O)OCCCCCBr)C1c1cccc(Cl)c1Cl. The highest BCUT2D eigenvalue weighted by atomic mass is 79.9. The van der Waals surface area contributed by atoms with Crippen LogP contribution in [-0.4, -0.2) is 37.2 Å². The second kappa shape index (κ2) is 11.4. The van der Waals surface area contributed by atoms with E-state index in [1.165, 1.54) is 25.1 Å². The summed E-state index contributed by atoms with van der Waals surface area (Å²) in [6.45, 7) is 1.37. The van der Waals surface area contributed by atoms with Gasteiger partial charge in [0.2, 0.25) is 0 Å². The summed E-state index contributed by atoms with van der Waals surface area (Å²) in [4.78, 5) is 25.5. The summed E-state index contributed by atoms with van der Waals surface area (Å²) in [6, 6.07) is 4.31. The fraction of sp³-hybridized carbons (Fsp3) is 0.429. The molecule has 11 heteroatoms. The summed E-state index contributed by atoms with van der Waals surface area (Å²) < 4.78 is 51.5. The first-order chi connectivity index (χ1) is 15.0. The number of unbranched alkanes of at least 4 members (excludes halogenated alkanes) is 2. The highest BCUT2D eigenvalue weighted by molar-refractivity contribution is 9.09. The van der Waals surface area contributed by atoms with E-state index in [1.807, 2.05) is 0 Å². The molecular formula is C21H21BrCl2F3NO4. The minimum absolute atomic E-state index is 0.0494. The molecule has 176 valence electrons. The molecule has 2 rings (SSSR count). The molecule has 0 saturated carbocycles. The highest BCUT2D eigenvalue weighted by Gasteiger charge is 2.47. The molecule has 0 fully saturated rings.